The molecule has 1 fully saturated rings. The number of carbonyl (C=O) groups is 2. The van der Waals surface area contributed by atoms with E-state index in [0.717, 1.165) is 11.3 Å². The second kappa shape index (κ2) is 7.11. The summed E-state index contributed by atoms with van der Waals surface area (Å²) in [5, 5.41) is 3.08. The average molecular weight is 290 g/mol. The van der Waals surface area contributed by atoms with E-state index in [0.29, 0.717) is 12.6 Å². The quantitative estimate of drug-likeness (QED) is 0.372. The summed E-state index contributed by atoms with van der Waals surface area (Å²) in [6.07, 6.45) is 0.986. The Hall–Kier alpha value is -0.803. The number of carbonyl (C=O) groups excluding carboxylic acids is 2. The second-order valence-electron chi connectivity index (χ2n) is 4.40. The Morgan fingerprint density at radius 2 is 1.84 bits per heavy atom. The summed E-state index contributed by atoms with van der Waals surface area (Å²) in [4.78, 5) is 24.2. The van der Waals surface area contributed by atoms with Crippen LogP contribution in [-0.4, -0.2) is 66.5 Å². The zero-order valence-electron chi connectivity index (χ0n) is 11.9. The molecule has 1 aliphatic heterocycles. The van der Waals surface area contributed by atoms with Crippen LogP contribution < -0.4 is 5.32 Å². The third-order valence-electron chi connectivity index (χ3n) is 3.37. The third kappa shape index (κ3) is 3.83. The van der Waals surface area contributed by atoms with Gasteiger partial charge >= 0.3 is 8.80 Å². The van der Waals surface area contributed by atoms with Crippen LogP contribution in [0.5, 0.6) is 0 Å². The zero-order chi connectivity index (χ0) is 14.5. The molecule has 0 radical (unpaired) electrons. The molecule has 0 bridgehead atoms. The van der Waals surface area contributed by atoms with Crippen LogP contribution in [0.1, 0.15) is 12.8 Å². The Kier molecular flexibility index (Phi) is 6.08. The molecule has 0 spiro atoms. The fraction of sp³-hybridized carbons (Fsp3) is 0.818. The summed E-state index contributed by atoms with van der Waals surface area (Å²) in [7, 11) is 3.68. The number of rotatable bonds is 8. The Bertz CT molecular complexity index is 327. The maximum atomic E-state index is 11.7. The number of hydrogen-bond donors (Lipinski definition) is 1. The van der Waals surface area contributed by atoms with Gasteiger partial charge in [0, 0.05) is 34.4 Å². The van der Waals surface area contributed by atoms with Gasteiger partial charge < -0.3 is 18.6 Å². The summed E-state index contributed by atoms with van der Waals surface area (Å²) in [6, 6.07) is 0.259. The van der Waals surface area contributed by atoms with E-state index < -0.39 is 14.8 Å². The van der Waals surface area contributed by atoms with E-state index in [2.05, 4.69) is 5.32 Å². The van der Waals surface area contributed by atoms with Gasteiger partial charge in [-0.3, -0.25) is 14.5 Å². The fourth-order valence-corrected chi connectivity index (χ4v) is 3.77. The highest BCUT2D eigenvalue weighted by Gasteiger charge is 2.38. The van der Waals surface area contributed by atoms with Crippen LogP contribution in [-0.2, 0) is 22.9 Å². The number of hydrogen-bond acceptors (Lipinski definition) is 6. The molecule has 1 saturated heterocycles. The predicted octanol–water partition coefficient (Wildman–Crippen LogP) is -0.398. The lowest BCUT2D eigenvalue weighted by Crippen LogP contribution is -2.44. The summed E-state index contributed by atoms with van der Waals surface area (Å²) >= 11 is 0. The Morgan fingerprint density at radius 3 is 2.26 bits per heavy atom. The molecule has 110 valence electrons. The molecule has 0 aromatic carbocycles. The van der Waals surface area contributed by atoms with Gasteiger partial charge in [0.05, 0.1) is 12.5 Å². The van der Waals surface area contributed by atoms with Gasteiger partial charge in [0.2, 0.25) is 11.8 Å². The van der Waals surface area contributed by atoms with Crippen molar-refractivity contribution in [2.75, 3.05) is 34.9 Å². The van der Waals surface area contributed by atoms with Crippen molar-refractivity contribution in [2.45, 2.75) is 24.9 Å². The first kappa shape index (κ1) is 16.3. The lowest BCUT2D eigenvalue weighted by atomic mass is 10.2. The molecule has 1 rings (SSSR count). The van der Waals surface area contributed by atoms with E-state index in [1.807, 2.05) is 0 Å². The first-order valence-corrected chi connectivity index (χ1v) is 8.12. The van der Waals surface area contributed by atoms with Crippen LogP contribution in [0.25, 0.3) is 0 Å². The van der Waals surface area contributed by atoms with Crippen LogP contribution in [0.3, 0.4) is 0 Å². The van der Waals surface area contributed by atoms with E-state index in [1.165, 1.54) is 7.05 Å². The highest BCUT2D eigenvalue weighted by Crippen LogP contribution is 2.15. The van der Waals surface area contributed by atoms with Crippen molar-refractivity contribution >= 4 is 20.6 Å². The minimum Gasteiger partial charge on any atom is -0.377 e. The molecule has 1 heterocycles. The highest BCUT2D eigenvalue weighted by atomic mass is 28.4. The van der Waals surface area contributed by atoms with E-state index in [4.69, 9.17) is 13.3 Å². The number of nitrogens with zero attached hydrogens (tertiary/aromatic N) is 1. The van der Waals surface area contributed by atoms with E-state index in [-0.39, 0.29) is 18.2 Å². The standard InChI is InChI=1S/C11H22N2O5Si/c1-13-10(14)8-9(11(13)15)12-6-5-7-19(16-2,17-3)18-4/h9,12H,5-8H2,1-4H3. The molecular formula is C11H22N2O5Si. The number of likely N-dealkylation sites (tertiary alicyclic amines) is 1. The monoisotopic (exact) mass is 290 g/mol. The number of imide groups is 1. The van der Waals surface area contributed by atoms with Crippen LogP contribution >= 0.6 is 0 Å². The minimum absolute atomic E-state index is 0.142. The molecule has 0 aromatic rings. The Balaban J connectivity index is 2.32. The van der Waals surface area contributed by atoms with Gasteiger partial charge in [-0.1, -0.05) is 0 Å². The maximum absolute atomic E-state index is 11.7. The molecule has 8 heteroatoms. The van der Waals surface area contributed by atoms with E-state index in [1.54, 1.807) is 21.3 Å². The summed E-state index contributed by atoms with van der Waals surface area (Å²) in [5.74, 6) is -0.310. The largest absolute Gasteiger partial charge is 0.500 e. The van der Waals surface area contributed by atoms with Gasteiger partial charge in [-0.2, -0.15) is 0 Å². The van der Waals surface area contributed by atoms with Crippen molar-refractivity contribution in [1.82, 2.24) is 10.2 Å². The molecule has 1 unspecified atom stereocenters. The smallest absolute Gasteiger partial charge is 0.377 e. The number of nitrogens with one attached hydrogen (secondary N) is 1. The van der Waals surface area contributed by atoms with Gasteiger partial charge in [-0.15, -0.1) is 0 Å². The molecule has 0 saturated carbocycles. The summed E-state index contributed by atoms with van der Waals surface area (Å²) in [6.45, 7) is 0.613. The van der Waals surface area contributed by atoms with E-state index >= 15 is 0 Å². The second-order valence-corrected chi connectivity index (χ2v) is 7.49. The molecular weight excluding hydrogens is 268 g/mol. The van der Waals surface area contributed by atoms with Crippen LogP contribution in [0, 0.1) is 0 Å². The SMILES string of the molecule is CO[Si](CCCNC1CC(=O)N(C)C1=O)(OC)OC. The molecule has 1 N–H and O–H groups in total. The van der Waals surface area contributed by atoms with Gasteiger partial charge in [0.25, 0.3) is 0 Å². The first-order valence-electron chi connectivity index (χ1n) is 6.19. The van der Waals surface area contributed by atoms with Crippen LogP contribution in [0.2, 0.25) is 6.04 Å². The Labute approximate surface area is 114 Å². The minimum atomic E-state index is -2.54. The molecule has 2 amide bonds. The topological polar surface area (TPSA) is 77.1 Å². The lowest BCUT2D eigenvalue weighted by Gasteiger charge is -2.24. The van der Waals surface area contributed by atoms with Crippen molar-refractivity contribution in [3.8, 4) is 0 Å². The van der Waals surface area contributed by atoms with Crippen LogP contribution in [0.4, 0.5) is 0 Å². The van der Waals surface area contributed by atoms with E-state index in [9.17, 15) is 9.59 Å². The first-order chi connectivity index (χ1) is 8.99. The molecule has 0 aliphatic carbocycles. The predicted molar refractivity (Wildman–Crippen MR) is 70.4 cm³/mol. The van der Waals surface area contributed by atoms with Crippen molar-refractivity contribution in [2.24, 2.45) is 0 Å². The van der Waals surface area contributed by atoms with Crippen LogP contribution in [0.15, 0.2) is 0 Å². The lowest BCUT2D eigenvalue weighted by molar-refractivity contribution is -0.137. The average Bonchev–Trinajstić information content (AvgIpc) is 2.67. The summed E-state index contributed by atoms with van der Waals surface area (Å²) < 4.78 is 15.9. The maximum Gasteiger partial charge on any atom is 0.500 e. The normalized spacial score (nSPS) is 20.4. The third-order valence-corrected chi connectivity index (χ3v) is 6.20. The van der Waals surface area contributed by atoms with Gasteiger partial charge in [-0.05, 0) is 13.0 Å². The molecule has 7 nitrogen and oxygen atoms in total. The van der Waals surface area contributed by atoms with Crippen molar-refractivity contribution in [3.05, 3.63) is 0 Å². The highest BCUT2D eigenvalue weighted by molar-refractivity contribution is 6.60. The Morgan fingerprint density at radius 1 is 1.26 bits per heavy atom. The number of likely N-dealkylation sites (N-methyl/N-ethyl adjacent to an activating group) is 1. The van der Waals surface area contributed by atoms with Gasteiger partial charge in [0.1, 0.15) is 0 Å². The number of amides is 2. The molecule has 0 aromatic heterocycles. The van der Waals surface area contributed by atoms with Gasteiger partial charge in [0.15, 0.2) is 0 Å². The zero-order valence-corrected chi connectivity index (χ0v) is 12.9. The molecule has 1 atom stereocenters. The molecule has 19 heavy (non-hydrogen) atoms. The van der Waals surface area contributed by atoms with Crippen molar-refractivity contribution in [3.63, 3.8) is 0 Å². The molecule has 1 aliphatic rings. The van der Waals surface area contributed by atoms with Crippen molar-refractivity contribution in [1.29, 1.82) is 0 Å². The van der Waals surface area contributed by atoms with Crippen molar-refractivity contribution < 1.29 is 22.9 Å². The summed E-state index contributed by atoms with van der Waals surface area (Å²) in [5.41, 5.74) is 0. The van der Waals surface area contributed by atoms with Gasteiger partial charge in [-0.25, -0.2) is 0 Å². The fourth-order valence-electron chi connectivity index (χ4n) is 2.05.